The maximum Gasteiger partial charge on any atom is 0.340 e. The third kappa shape index (κ3) is 3.55. The standard InChI is InChI=1S/C19H15Cl2NO3/c1-2-11-4-3-5-13-15(9-22-18(11)13)17(23)10-25-19(24)14-8-12(20)6-7-16(14)21/h3-9,22H,2,10H2,1H3. The summed E-state index contributed by atoms with van der Waals surface area (Å²) in [5.41, 5.74) is 2.68. The van der Waals surface area contributed by atoms with E-state index < -0.39 is 5.97 Å². The van der Waals surface area contributed by atoms with E-state index in [4.69, 9.17) is 27.9 Å². The van der Waals surface area contributed by atoms with Crippen LogP contribution in [0.5, 0.6) is 0 Å². The molecule has 0 aliphatic heterocycles. The molecule has 0 atom stereocenters. The van der Waals surface area contributed by atoms with Gasteiger partial charge in [-0.1, -0.05) is 48.3 Å². The molecule has 0 bridgehead atoms. The first-order valence-corrected chi connectivity index (χ1v) is 8.51. The first kappa shape index (κ1) is 17.5. The number of para-hydroxylation sites is 1. The molecule has 2 aromatic carbocycles. The van der Waals surface area contributed by atoms with Crippen LogP contribution in [0.25, 0.3) is 10.9 Å². The number of Topliss-reactive ketones (excluding diaryl/α,β-unsaturated/α-hetero) is 1. The number of H-pyrrole nitrogens is 1. The first-order valence-electron chi connectivity index (χ1n) is 7.75. The van der Waals surface area contributed by atoms with E-state index in [1.54, 1.807) is 12.3 Å². The number of aromatic nitrogens is 1. The van der Waals surface area contributed by atoms with E-state index >= 15 is 0 Å². The van der Waals surface area contributed by atoms with Gasteiger partial charge in [0.15, 0.2) is 6.61 Å². The van der Waals surface area contributed by atoms with Crippen LogP contribution in [0.2, 0.25) is 10.0 Å². The van der Waals surface area contributed by atoms with Crippen molar-refractivity contribution < 1.29 is 14.3 Å². The van der Waals surface area contributed by atoms with Gasteiger partial charge in [-0.2, -0.15) is 0 Å². The molecular weight excluding hydrogens is 361 g/mol. The van der Waals surface area contributed by atoms with Crippen LogP contribution in [-0.4, -0.2) is 23.3 Å². The van der Waals surface area contributed by atoms with Gasteiger partial charge in [0, 0.05) is 27.7 Å². The predicted octanol–water partition coefficient (Wildman–Crippen LogP) is 5.08. The minimum absolute atomic E-state index is 0.133. The monoisotopic (exact) mass is 375 g/mol. The van der Waals surface area contributed by atoms with Crippen LogP contribution in [0.15, 0.2) is 42.6 Å². The fraction of sp³-hybridized carbons (Fsp3) is 0.158. The molecular formula is C19H15Cl2NO3. The number of ketones is 1. The maximum absolute atomic E-state index is 12.5. The van der Waals surface area contributed by atoms with Crippen molar-refractivity contribution in [1.82, 2.24) is 4.98 Å². The Morgan fingerprint density at radius 1 is 1.12 bits per heavy atom. The molecule has 6 heteroatoms. The van der Waals surface area contributed by atoms with Crippen molar-refractivity contribution in [3.8, 4) is 0 Å². The van der Waals surface area contributed by atoms with E-state index in [1.807, 2.05) is 25.1 Å². The van der Waals surface area contributed by atoms with Gasteiger partial charge < -0.3 is 9.72 Å². The number of ether oxygens (including phenoxy) is 1. The van der Waals surface area contributed by atoms with Crippen LogP contribution in [0.3, 0.4) is 0 Å². The average Bonchev–Trinajstić information content (AvgIpc) is 3.05. The molecule has 1 heterocycles. The summed E-state index contributed by atoms with van der Waals surface area (Å²) in [6, 6.07) is 10.3. The number of rotatable bonds is 5. The van der Waals surface area contributed by atoms with Crippen molar-refractivity contribution in [3.63, 3.8) is 0 Å². The molecule has 4 nitrogen and oxygen atoms in total. The third-order valence-electron chi connectivity index (χ3n) is 3.97. The zero-order valence-electron chi connectivity index (χ0n) is 13.4. The van der Waals surface area contributed by atoms with Crippen molar-refractivity contribution in [3.05, 3.63) is 69.3 Å². The van der Waals surface area contributed by atoms with Gasteiger partial charge in [0.25, 0.3) is 0 Å². The van der Waals surface area contributed by atoms with Crippen LogP contribution in [0.4, 0.5) is 0 Å². The number of halogens is 2. The van der Waals surface area contributed by atoms with Gasteiger partial charge in [-0.3, -0.25) is 4.79 Å². The highest BCUT2D eigenvalue weighted by Gasteiger charge is 2.18. The number of fused-ring (bicyclic) bond motifs is 1. The Labute approximate surface area is 154 Å². The number of nitrogens with one attached hydrogen (secondary N) is 1. The molecule has 1 N–H and O–H groups in total. The number of carbonyl (C=O) groups is 2. The van der Waals surface area contributed by atoms with Gasteiger partial charge in [-0.25, -0.2) is 4.79 Å². The van der Waals surface area contributed by atoms with Crippen LogP contribution in [0, 0.1) is 0 Å². The van der Waals surface area contributed by atoms with Crippen LogP contribution < -0.4 is 0 Å². The predicted molar refractivity (Wildman–Crippen MR) is 98.8 cm³/mol. The van der Waals surface area contributed by atoms with Gasteiger partial charge in [-0.05, 0) is 30.2 Å². The molecule has 0 spiro atoms. The Morgan fingerprint density at radius 2 is 1.92 bits per heavy atom. The zero-order chi connectivity index (χ0) is 18.0. The fourth-order valence-corrected chi connectivity index (χ4v) is 3.05. The van der Waals surface area contributed by atoms with Crippen molar-refractivity contribution in [2.45, 2.75) is 13.3 Å². The number of hydrogen-bond acceptors (Lipinski definition) is 3. The Bertz CT molecular complexity index is 962. The summed E-state index contributed by atoms with van der Waals surface area (Å²) in [5.74, 6) is -0.971. The highest BCUT2D eigenvalue weighted by molar-refractivity contribution is 6.35. The summed E-state index contributed by atoms with van der Waals surface area (Å²) in [4.78, 5) is 27.7. The van der Waals surface area contributed by atoms with Gasteiger partial charge in [0.05, 0.1) is 10.6 Å². The highest BCUT2D eigenvalue weighted by Crippen LogP contribution is 2.24. The third-order valence-corrected chi connectivity index (χ3v) is 4.53. The van der Waals surface area contributed by atoms with E-state index in [2.05, 4.69) is 4.98 Å². The molecule has 0 aliphatic carbocycles. The van der Waals surface area contributed by atoms with Crippen LogP contribution in [0.1, 0.15) is 33.2 Å². The molecule has 128 valence electrons. The van der Waals surface area contributed by atoms with Crippen molar-refractivity contribution in [2.24, 2.45) is 0 Å². The summed E-state index contributed by atoms with van der Waals surface area (Å²) in [7, 11) is 0. The smallest absolute Gasteiger partial charge is 0.340 e. The lowest BCUT2D eigenvalue weighted by atomic mass is 10.1. The number of aryl methyl sites for hydroxylation is 1. The lowest BCUT2D eigenvalue weighted by Gasteiger charge is -2.06. The topological polar surface area (TPSA) is 59.2 Å². The number of aromatic amines is 1. The highest BCUT2D eigenvalue weighted by atomic mass is 35.5. The lowest BCUT2D eigenvalue weighted by molar-refractivity contribution is 0.0475. The van der Waals surface area contributed by atoms with Gasteiger partial charge in [-0.15, -0.1) is 0 Å². The molecule has 0 fully saturated rings. The minimum atomic E-state index is -0.685. The largest absolute Gasteiger partial charge is 0.454 e. The van der Waals surface area contributed by atoms with Crippen molar-refractivity contribution in [2.75, 3.05) is 6.61 Å². The number of benzene rings is 2. The lowest BCUT2D eigenvalue weighted by Crippen LogP contribution is -2.14. The molecule has 0 unspecified atom stereocenters. The Morgan fingerprint density at radius 3 is 2.68 bits per heavy atom. The van der Waals surface area contributed by atoms with Crippen LogP contribution >= 0.6 is 23.2 Å². The van der Waals surface area contributed by atoms with Gasteiger partial charge in [0.1, 0.15) is 0 Å². The number of carbonyl (C=O) groups excluding carboxylic acids is 2. The van der Waals surface area contributed by atoms with Crippen molar-refractivity contribution >= 4 is 45.9 Å². The van der Waals surface area contributed by atoms with E-state index in [0.29, 0.717) is 10.6 Å². The SMILES string of the molecule is CCc1cccc2c(C(=O)COC(=O)c3cc(Cl)ccc3Cl)c[nH]c12. The first-order chi connectivity index (χ1) is 12.0. The zero-order valence-corrected chi connectivity index (χ0v) is 14.9. The molecule has 1 aromatic heterocycles. The Hall–Kier alpha value is -2.30. The summed E-state index contributed by atoms with van der Waals surface area (Å²) < 4.78 is 5.11. The molecule has 0 saturated carbocycles. The van der Waals surface area contributed by atoms with E-state index in [0.717, 1.165) is 22.9 Å². The van der Waals surface area contributed by atoms with E-state index in [-0.39, 0.29) is 23.0 Å². The second kappa shape index (κ2) is 7.30. The Kier molecular flexibility index (Phi) is 5.11. The molecule has 0 amide bonds. The maximum atomic E-state index is 12.5. The minimum Gasteiger partial charge on any atom is -0.454 e. The quantitative estimate of drug-likeness (QED) is 0.499. The van der Waals surface area contributed by atoms with Gasteiger partial charge >= 0.3 is 5.97 Å². The fourth-order valence-electron chi connectivity index (χ4n) is 2.68. The second-order valence-electron chi connectivity index (χ2n) is 5.52. The normalized spacial score (nSPS) is 10.8. The summed E-state index contributed by atoms with van der Waals surface area (Å²) in [6.07, 6.45) is 2.50. The molecule has 3 rings (SSSR count). The van der Waals surface area contributed by atoms with E-state index in [9.17, 15) is 9.59 Å². The summed E-state index contributed by atoms with van der Waals surface area (Å²) in [6.45, 7) is 1.68. The van der Waals surface area contributed by atoms with Crippen molar-refractivity contribution in [1.29, 1.82) is 0 Å². The second-order valence-corrected chi connectivity index (χ2v) is 6.36. The van der Waals surface area contributed by atoms with E-state index in [1.165, 1.54) is 12.1 Å². The summed E-state index contributed by atoms with van der Waals surface area (Å²) in [5, 5.41) is 1.41. The number of esters is 1. The average molecular weight is 376 g/mol. The molecule has 3 aromatic rings. The Balaban J connectivity index is 1.77. The molecule has 0 radical (unpaired) electrons. The summed E-state index contributed by atoms with van der Waals surface area (Å²) >= 11 is 11.8. The number of hydrogen-bond donors (Lipinski definition) is 1. The molecule has 25 heavy (non-hydrogen) atoms. The molecule has 0 saturated heterocycles. The van der Waals surface area contributed by atoms with Gasteiger partial charge in [0.2, 0.25) is 5.78 Å². The molecule has 0 aliphatic rings. The van der Waals surface area contributed by atoms with Crippen LogP contribution in [-0.2, 0) is 11.2 Å².